The summed E-state index contributed by atoms with van der Waals surface area (Å²) >= 11 is 0. The van der Waals surface area contributed by atoms with E-state index < -0.39 is 5.97 Å². The van der Waals surface area contributed by atoms with Gasteiger partial charge in [0, 0.05) is 0 Å². The molecule has 0 spiro atoms. The van der Waals surface area contributed by atoms with E-state index in [2.05, 4.69) is 31.2 Å². The molecule has 0 heterocycles. The average Bonchev–Trinajstić information content (AvgIpc) is 2.76. The number of ether oxygens (including phenoxy) is 2. The summed E-state index contributed by atoms with van der Waals surface area (Å²) in [6, 6.07) is 32.2. The number of carbonyl (C=O) groups is 1. The maximum Gasteiger partial charge on any atom is 0.343 e. The lowest BCUT2D eigenvalue weighted by Crippen LogP contribution is -2.08. The first-order valence-electron chi connectivity index (χ1n) is 9.40. The van der Waals surface area contributed by atoms with Gasteiger partial charge < -0.3 is 9.47 Å². The van der Waals surface area contributed by atoms with Crippen LogP contribution >= 0.6 is 0 Å². The smallest absolute Gasteiger partial charge is 0.343 e. The third kappa shape index (κ3) is 4.71. The quantitative estimate of drug-likeness (QED) is 0.286. The molecule has 0 aliphatic rings. The van der Waals surface area contributed by atoms with E-state index in [1.54, 1.807) is 36.4 Å². The summed E-state index contributed by atoms with van der Waals surface area (Å²) < 4.78 is 11.3. The fraction of sp³-hybridized carbons (Fsp3) is 0.0385. The van der Waals surface area contributed by atoms with Gasteiger partial charge in [-0.2, -0.15) is 0 Å². The van der Waals surface area contributed by atoms with E-state index in [0.717, 1.165) is 11.1 Å². The summed E-state index contributed by atoms with van der Waals surface area (Å²) in [6.45, 7) is 2.06. The van der Waals surface area contributed by atoms with E-state index in [1.807, 2.05) is 42.5 Å². The zero-order valence-electron chi connectivity index (χ0n) is 16.0. The number of carbonyl (C=O) groups excluding carboxylic acids is 1. The van der Waals surface area contributed by atoms with Gasteiger partial charge in [0.2, 0.25) is 0 Å². The van der Waals surface area contributed by atoms with Crippen LogP contribution < -0.4 is 9.47 Å². The predicted octanol–water partition coefficient (Wildman–Crippen LogP) is 6.67. The number of rotatable bonds is 5. The van der Waals surface area contributed by atoms with Gasteiger partial charge in [-0.15, -0.1) is 0 Å². The molecule has 0 radical (unpaired) electrons. The van der Waals surface area contributed by atoms with E-state index in [1.165, 1.54) is 5.56 Å². The lowest BCUT2D eigenvalue weighted by Gasteiger charge is -2.09. The Bertz CT molecular complexity index is 1100. The van der Waals surface area contributed by atoms with Crippen molar-refractivity contribution in [2.24, 2.45) is 0 Å². The Balaban J connectivity index is 1.45. The molecule has 0 atom stereocenters. The average molecular weight is 380 g/mol. The summed E-state index contributed by atoms with van der Waals surface area (Å²) in [5, 5.41) is 0. The highest BCUT2D eigenvalue weighted by molar-refractivity contribution is 5.91. The van der Waals surface area contributed by atoms with Crippen molar-refractivity contribution < 1.29 is 14.3 Å². The van der Waals surface area contributed by atoms with Crippen LogP contribution in [0.3, 0.4) is 0 Å². The van der Waals surface area contributed by atoms with Crippen LogP contribution in [-0.4, -0.2) is 5.97 Å². The molecule has 0 aliphatic heterocycles. The minimum absolute atomic E-state index is 0.424. The van der Waals surface area contributed by atoms with Crippen molar-refractivity contribution in [3.05, 3.63) is 114 Å². The Hall–Kier alpha value is -3.85. The minimum Gasteiger partial charge on any atom is -0.457 e. The first-order chi connectivity index (χ1) is 14.2. The SMILES string of the molecule is Cc1ccc(-c2ccc(OC(=O)c3cccc(Oc4ccccc4)c3)cc2)cc1. The van der Waals surface area contributed by atoms with Gasteiger partial charge in [0.1, 0.15) is 17.2 Å². The largest absolute Gasteiger partial charge is 0.457 e. The Morgan fingerprint density at radius 1 is 0.621 bits per heavy atom. The molecule has 0 aromatic heterocycles. The molecule has 3 nitrogen and oxygen atoms in total. The van der Waals surface area contributed by atoms with Gasteiger partial charge in [-0.1, -0.05) is 66.2 Å². The van der Waals surface area contributed by atoms with Crippen LogP contribution in [0.4, 0.5) is 0 Å². The van der Waals surface area contributed by atoms with Gasteiger partial charge in [0.15, 0.2) is 0 Å². The molecule has 4 aromatic carbocycles. The lowest BCUT2D eigenvalue weighted by atomic mass is 10.0. The zero-order valence-corrected chi connectivity index (χ0v) is 16.0. The third-order valence-electron chi connectivity index (χ3n) is 4.50. The Morgan fingerprint density at radius 2 is 1.24 bits per heavy atom. The molecule has 3 heteroatoms. The Labute approximate surface area is 170 Å². The molecule has 0 aliphatic carbocycles. The van der Waals surface area contributed by atoms with Gasteiger partial charge >= 0.3 is 5.97 Å². The van der Waals surface area contributed by atoms with Gasteiger partial charge in [0.25, 0.3) is 0 Å². The summed E-state index contributed by atoms with van der Waals surface area (Å²) in [6.07, 6.45) is 0. The van der Waals surface area contributed by atoms with Crippen molar-refractivity contribution in [3.8, 4) is 28.4 Å². The number of hydrogen-bond donors (Lipinski definition) is 0. The van der Waals surface area contributed by atoms with Crippen molar-refractivity contribution in [2.75, 3.05) is 0 Å². The van der Waals surface area contributed by atoms with E-state index in [-0.39, 0.29) is 0 Å². The molecule has 4 rings (SSSR count). The van der Waals surface area contributed by atoms with Crippen LogP contribution in [0.5, 0.6) is 17.2 Å². The standard InChI is InChI=1S/C26H20O3/c1-19-10-12-20(13-11-19)21-14-16-24(17-15-21)29-26(27)22-6-5-9-25(18-22)28-23-7-3-2-4-8-23/h2-18H,1H3. The highest BCUT2D eigenvalue weighted by atomic mass is 16.5. The molecule has 0 N–H and O–H groups in total. The monoisotopic (exact) mass is 380 g/mol. The van der Waals surface area contributed by atoms with E-state index >= 15 is 0 Å². The predicted molar refractivity (Wildman–Crippen MR) is 115 cm³/mol. The summed E-state index contributed by atoms with van der Waals surface area (Å²) in [7, 11) is 0. The van der Waals surface area contributed by atoms with Gasteiger partial charge in [0.05, 0.1) is 5.56 Å². The fourth-order valence-electron chi connectivity index (χ4n) is 2.94. The van der Waals surface area contributed by atoms with Crippen molar-refractivity contribution >= 4 is 5.97 Å². The highest BCUT2D eigenvalue weighted by Gasteiger charge is 2.10. The zero-order chi connectivity index (χ0) is 20.1. The van der Waals surface area contributed by atoms with Crippen LogP contribution in [-0.2, 0) is 0 Å². The summed E-state index contributed by atoms with van der Waals surface area (Å²) in [4.78, 5) is 12.5. The van der Waals surface area contributed by atoms with Gasteiger partial charge in [-0.05, 0) is 60.5 Å². The third-order valence-corrected chi connectivity index (χ3v) is 4.50. The molecule has 0 unspecified atom stereocenters. The molecule has 4 aromatic rings. The van der Waals surface area contributed by atoms with E-state index in [4.69, 9.17) is 9.47 Å². The summed E-state index contributed by atoms with van der Waals surface area (Å²) in [5.41, 5.74) is 3.85. The maximum atomic E-state index is 12.5. The molecule has 0 fully saturated rings. The normalized spacial score (nSPS) is 10.4. The van der Waals surface area contributed by atoms with E-state index in [0.29, 0.717) is 22.8 Å². The van der Waals surface area contributed by atoms with E-state index in [9.17, 15) is 4.79 Å². The van der Waals surface area contributed by atoms with Crippen molar-refractivity contribution in [3.63, 3.8) is 0 Å². The topological polar surface area (TPSA) is 35.5 Å². The minimum atomic E-state index is -0.424. The first kappa shape index (κ1) is 18.5. The van der Waals surface area contributed by atoms with Crippen LogP contribution in [0.25, 0.3) is 11.1 Å². The van der Waals surface area contributed by atoms with Crippen LogP contribution in [0, 0.1) is 6.92 Å². The Morgan fingerprint density at radius 3 is 1.93 bits per heavy atom. The van der Waals surface area contributed by atoms with Crippen molar-refractivity contribution in [1.29, 1.82) is 0 Å². The fourth-order valence-corrected chi connectivity index (χ4v) is 2.94. The second-order valence-corrected chi connectivity index (χ2v) is 6.72. The first-order valence-corrected chi connectivity index (χ1v) is 9.40. The molecule has 0 saturated carbocycles. The summed E-state index contributed by atoms with van der Waals surface area (Å²) in [5.74, 6) is 1.37. The molecule has 0 amide bonds. The number of hydrogen-bond acceptors (Lipinski definition) is 3. The van der Waals surface area contributed by atoms with Gasteiger partial charge in [-0.3, -0.25) is 0 Å². The molecule has 29 heavy (non-hydrogen) atoms. The van der Waals surface area contributed by atoms with Crippen LogP contribution in [0.15, 0.2) is 103 Å². The molecule has 142 valence electrons. The molecule has 0 bridgehead atoms. The van der Waals surface area contributed by atoms with Crippen LogP contribution in [0.2, 0.25) is 0 Å². The van der Waals surface area contributed by atoms with Crippen LogP contribution in [0.1, 0.15) is 15.9 Å². The number of aryl methyl sites for hydroxylation is 1. The Kier molecular flexibility index (Phi) is 5.39. The highest BCUT2D eigenvalue weighted by Crippen LogP contribution is 2.25. The lowest BCUT2D eigenvalue weighted by molar-refractivity contribution is 0.0734. The number of para-hydroxylation sites is 1. The van der Waals surface area contributed by atoms with Crippen molar-refractivity contribution in [2.45, 2.75) is 6.92 Å². The van der Waals surface area contributed by atoms with Gasteiger partial charge in [-0.25, -0.2) is 4.79 Å². The maximum absolute atomic E-state index is 12.5. The number of esters is 1. The number of benzene rings is 4. The second-order valence-electron chi connectivity index (χ2n) is 6.72. The van der Waals surface area contributed by atoms with Crippen molar-refractivity contribution in [1.82, 2.24) is 0 Å². The molecular formula is C26H20O3. The molecule has 0 saturated heterocycles. The molecular weight excluding hydrogens is 360 g/mol. The second kappa shape index (κ2) is 8.44.